The molecule has 2 unspecified atom stereocenters. The molecular formula is C12H12F3NO4. The quantitative estimate of drug-likeness (QED) is 0.671. The maximum atomic E-state index is 12.6. The molecule has 0 aromatic heterocycles. The Balaban J connectivity index is 2.40. The maximum Gasteiger partial charge on any atom is 0.416 e. The molecule has 8 heteroatoms. The van der Waals surface area contributed by atoms with E-state index in [1.165, 1.54) is 0 Å². The summed E-state index contributed by atoms with van der Waals surface area (Å²) in [5.74, 6) is 0. The van der Waals surface area contributed by atoms with E-state index < -0.39 is 34.6 Å². The minimum absolute atomic E-state index is 0.0572. The Labute approximate surface area is 112 Å². The Hall–Kier alpha value is -1.67. The molecule has 1 fully saturated rings. The van der Waals surface area contributed by atoms with E-state index in [0.29, 0.717) is 12.5 Å². The highest BCUT2D eigenvalue weighted by Crippen LogP contribution is 2.38. The first kappa shape index (κ1) is 14.7. The lowest BCUT2D eigenvalue weighted by atomic mass is 9.97. The second-order valence-electron chi connectivity index (χ2n) is 4.57. The maximum absolute atomic E-state index is 12.6. The van der Waals surface area contributed by atoms with E-state index in [4.69, 9.17) is 4.74 Å². The van der Waals surface area contributed by atoms with Crippen LogP contribution in [0.2, 0.25) is 0 Å². The molecule has 2 rings (SSSR count). The first-order valence-corrected chi connectivity index (χ1v) is 5.94. The molecule has 110 valence electrons. The van der Waals surface area contributed by atoms with Crippen LogP contribution in [0.5, 0.6) is 0 Å². The predicted octanol–water partition coefficient (Wildman–Crippen LogP) is 2.83. The van der Waals surface area contributed by atoms with Gasteiger partial charge < -0.3 is 9.84 Å². The van der Waals surface area contributed by atoms with Crippen LogP contribution >= 0.6 is 0 Å². The van der Waals surface area contributed by atoms with E-state index in [2.05, 4.69) is 0 Å². The standard InChI is InChI=1S/C12H12F3NO4/c13-12(14,15)7-1-2-9(10(5-7)16(18)19)11-6-8(17)3-4-20-11/h1-2,5,8,11,17H,3-4,6H2. The van der Waals surface area contributed by atoms with Crippen molar-refractivity contribution >= 4 is 5.69 Å². The third-order valence-corrected chi connectivity index (χ3v) is 3.16. The largest absolute Gasteiger partial charge is 0.416 e. The fourth-order valence-electron chi connectivity index (χ4n) is 2.15. The number of hydrogen-bond acceptors (Lipinski definition) is 4. The van der Waals surface area contributed by atoms with E-state index >= 15 is 0 Å². The molecule has 2 atom stereocenters. The smallest absolute Gasteiger partial charge is 0.393 e. The van der Waals surface area contributed by atoms with Crippen LogP contribution in [-0.2, 0) is 10.9 Å². The predicted molar refractivity (Wildman–Crippen MR) is 62.0 cm³/mol. The van der Waals surface area contributed by atoms with Crippen molar-refractivity contribution in [1.29, 1.82) is 0 Å². The second-order valence-corrected chi connectivity index (χ2v) is 4.57. The molecule has 20 heavy (non-hydrogen) atoms. The lowest BCUT2D eigenvalue weighted by molar-refractivity contribution is -0.386. The Kier molecular flexibility index (Phi) is 3.96. The number of ether oxygens (including phenoxy) is 1. The molecule has 0 bridgehead atoms. The summed E-state index contributed by atoms with van der Waals surface area (Å²) in [6.45, 7) is 0.212. The average Bonchev–Trinajstić information content (AvgIpc) is 2.37. The van der Waals surface area contributed by atoms with Gasteiger partial charge in [-0.1, -0.05) is 0 Å². The van der Waals surface area contributed by atoms with Crippen LogP contribution in [0.4, 0.5) is 18.9 Å². The molecule has 5 nitrogen and oxygen atoms in total. The molecule has 0 saturated carbocycles. The zero-order valence-electron chi connectivity index (χ0n) is 10.3. The first-order valence-electron chi connectivity index (χ1n) is 5.94. The van der Waals surface area contributed by atoms with Crippen molar-refractivity contribution in [3.63, 3.8) is 0 Å². The van der Waals surface area contributed by atoms with Gasteiger partial charge in [0.25, 0.3) is 5.69 Å². The molecule has 0 spiro atoms. The molecule has 1 aromatic carbocycles. The summed E-state index contributed by atoms with van der Waals surface area (Å²) in [6.07, 6.45) is -5.54. The lowest BCUT2D eigenvalue weighted by Crippen LogP contribution is -2.24. The van der Waals surface area contributed by atoms with Gasteiger partial charge in [0, 0.05) is 19.1 Å². The number of halogens is 3. The highest BCUT2D eigenvalue weighted by atomic mass is 19.4. The van der Waals surface area contributed by atoms with E-state index in [1.807, 2.05) is 0 Å². The minimum Gasteiger partial charge on any atom is -0.393 e. The molecule has 1 aliphatic heterocycles. The van der Waals surface area contributed by atoms with Crippen LogP contribution in [0.25, 0.3) is 0 Å². The molecule has 1 N–H and O–H groups in total. The topological polar surface area (TPSA) is 72.6 Å². The van der Waals surface area contributed by atoms with Gasteiger partial charge in [-0.15, -0.1) is 0 Å². The van der Waals surface area contributed by atoms with Gasteiger partial charge in [0.05, 0.1) is 28.3 Å². The van der Waals surface area contributed by atoms with Crippen molar-refractivity contribution in [1.82, 2.24) is 0 Å². The summed E-state index contributed by atoms with van der Waals surface area (Å²) in [7, 11) is 0. The molecule has 0 radical (unpaired) electrons. The SMILES string of the molecule is O=[N+]([O-])c1cc(C(F)(F)F)ccc1C1CC(O)CCO1. The average molecular weight is 291 g/mol. The van der Waals surface area contributed by atoms with Gasteiger partial charge >= 0.3 is 6.18 Å². The van der Waals surface area contributed by atoms with Crippen molar-refractivity contribution in [3.8, 4) is 0 Å². The second kappa shape index (κ2) is 5.37. The summed E-state index contributed by atoms with van der Waals surface area (Å²) >= 11 is 0. The molecule has 0 aliphatic carbocycles. The van der Waals surface area contributed by atoms with Crippen LogP contribution in [-0.4, -0.2) is 22.7 Å². The third kappa shape index (κ3) is 3.07. The zero-order chi connectivity index (χ0) is 14.9. The molecule has 1 aliphatic rings. The summed E-state index contributed by atoms with van der Waals surface area (Å²) in [5, 5.41) is 20.5. The van der Waals surface area contributed by atoms with Crippen LogP contribution in [0.15, 0.2) is 18.2 Å². The highest BCUT2D eigenvalue weighted by Gasteiger charge is 2.35. The van der Waals surface area contributed by atoms with E-state index in [0.717, 1.165) is 12.1 Å². The molecule has 1 aromatic rings. The van der Waals surface area contributed by atoms with E-state index in [1.54, 1.807) is 0 Å². The number of rotatable bonds is 2. The van der Waals surface area contributed by atoms with Crippen LogP contribution in [0.1, 0.15) is 30.1 Å². The number of nitrogens with zero attached hydrogens (tertiary/aromatic N) is 1. The number of hydrogen-bond donors (Lipinski definition) is 1. The van der Waals surface area contributed by atoms with Gasteiger partial charge in [-0.05, 0) is 18.6 Å². The van der Waals surface area contributed by atoms with Crippen molar-refractivity contribution < 1.29 is 27.9 Å². The molecule has 1 saturated heterocycles. The van der Waals surface area contributed by atoms with Crippen molar-refractivity contribution in [2.75, 3.05) is 6.61 Å². The minimum atomic E-state index is -4.64. The zero-order valence-corrected chi connectivity index (χ0v) is 10.3. The fraction of sp³-hybridized carbons (Fsp3) is 0.500. The first-order chi connectivity index (χ1) is 9.29. The number of nitro benzene ring substituents is 1. The number of benzene rings is 1. The summed E-state index contributed by atoms with van der Waals surface area (Å²) in [4.78, 5) is 10.1. The molecular weight excluding hydrogens is 279 g/mol. The van der Waals surface area contributed by atoms with Crippen molar-refractivity contribution in [2.45, 2.75) is 31.2 Å². The van der Waals surface area contributed by atoms with Gasteiger partial charge in [0.2, 0.25) is 0 Å². The monoisotopic (exact) mass is 291 g/mol. The van der Waals surface area contributed by atoms with E-state index in [-0.39, 0.29) is 18.6 Å². The van der Waals surface area contributed by atoms with Crippen LogP contribution < -0.4 is 0 Å². The van der Waals surface area contributed by atoms with Gasteiger partial charge in [-0.3, -0.25) is 10.1 Å². The number of aliphatic hydroxyl groups is 1. The Morgan fingerprint density at radius 1 is 1.40 bits per heavy atom. The Morgan fingerprint density at radius 2 is 2.10 bits per heavy atom. The Bertz CT molecular complexity index is 518. The fourth-order valence-corrected chi connectivity index (χ4v) is 2.15. The summed E-state index contributed by atoms with van der Waals surface area (Å²) in [5.41, 5.74) is -1.66. The van der Waals surface area contributed by atoms with Crippen molar-refractivity contribution in [2.24, 2.45) is 0 Å². The number of alkyl halides is 3. The van der Waals surface area contributed by atoms with Crippen molar-refractivity contribution in [3.05, 3.63) is 39.4 Å². The number of nitro groups is 1. The van der Waals surface area contributed by atoms with Gasteiger partial charge in [-0.2, -0.15) is 13.2 Å². The van der Waals surface area contributed by atoms with Crippen LogP contribution in [0, 0.1) is 10.1 Å². The van der Waals surface area contributed by atoms with Gasteiger partial charge in [0.15, 0.2) is 0 Å². The van der Waals surface area contributed by atoms with Crippen LogP contribution in [0.3, 0.4) is 0 Å². The molecule has 0 amide bonds. The van der Waals surface area contributed by atoms with E-state index in [9.17, 15) is 28.4 Å². The summed E-state index contributed by atoms with van der Waals surface area (Å²) < 4.78 is 43.0. The summed E-state index contributed by atoms with van der Waals surface area (Å²) in [6, 6.07) is 2.33. The third-order valence-electron chi connectivity index (χ3n) is 3.16. The highest BCUT2D eigenvalue weighted by molar-refractivity contribution is 5.45. The van der Waals surface area contributed by atoms with Gasteiger partial charge in [-0.25, -0.2) is 0 Å². The normalized spacial score (nSPS) is 23.6. The Morgan fingerprint density at radius 3 is 2.65 bits per heavy atom. The number of aliphatic hydroxyl groups excluding tert-OH is 1. The lowest BCUT2D eigenvalue weighted by Gasteiger charge is -2.26. The molecule has 1 heterocycles. The van der Waals surface area contributed by atoms with Gasteiger partial charge in [0.1, 0.15) is 0 Å².